The lowest BCUT2D eigenvalue weighted by Gasteiger charge is -2.28. The number of esters is 2. The van der Waals surface area contributed by atoms with Crippen molar-refractivity contribution < 1.29 is 42.1 Å². The molecule has 0 aromatic heterocycles. The zero-order chi connectivity index (χ0) is 48.5. The Morgan fingerprint density at radius 3 is 1.24 bits per heavy atom. The zero-order valence-electron chi connectivity index (χ0n) is 42.1. The number of phosphoric acid groups is 1. The highest BCUT2D eigenvalue weighted by Gasteiger charge is 2.21. The van der Waals surface area contributed by atoms with Gasteiger partial charge in [0.1, 0.15) is 19.8 Å². The molecule has 0 radical (unpaired) electrons. The summed E-state index contributed by atoms with van der Waals surface area (Å²) in [5, 5.41) is 0. The molecule has 0 spiro atoms. The molecular formula is C56H92NO8P. The van der Waals surface area contributed by atoms with Gasteiger partial charge in [-0.15, -0.1) is 0 Å². The van der Waals surface area contributed by atoms with E-state index in [1.165, 1.54) is 25.7 Å². The fraction of sp³-hybridized carbons (Fsp3) is 0.607. The number of rotatable bonds is 44. The first kappa shape index (κ1) is 62.4. The number of hydrogen-bond donors (Lipinski definition) is 0. The van der Waals surface area contributed by atoms with Crippen molar-refractivity contribution in [1.82, 2.24) is 0 Å². The number of carbonyl (C=O) groups is 2. The minimum atomic E-state index is -4.65. The van der Waals surface area contributed by atoms with Crippen LogP contribution in [0.1, 0.15) is 168 Å². The summed E-state index contributed by atoms with van der Waals surface area (Å²) in [5.41, 5.74) is 0. The molecule has 9 nitrogen and oxygen atoms in total. The van der Waals surface area contributed by atoms with E-state index in [1.54, 1.807) is 0 Å². The van der Waals surface area contributed by atoms with Crippen molar-refractivity contribution in [3.63, 3.8) is 0 Å². The Balaban J connectivity index is 4.32. The molecule has 66 heavy (non-hydrogen) atoms. The van der Waals surface area contributed by atoms with E-state index < -0.39 is 32.5 Å². The standard InChI is InChI=1S/C56H92NO8P/c1-6-8-10-12-14-16-18-20-22-23-24-25-26-27-28-29-30-31-32-33-35-37-39-41-43-45-47-49-56(59)65-54(53-64-66(60,61)63-51-50-57(3,4)5)52-62-55(58)48-46-44-42-40-38-36-34-21-19-17-15-13-11-9-7-2/h8-11,14-17,20-22,24-25,27-28,30-31,34,38,40,54H,6-7,12-13,18-19,23,26,29,32-33,35-37,39,41-53H2,1-5H3/b10-8-,11-9-,16-14-,17-15-,22-20-,25-24-,28-27-,31-30-,34-21-,40-38-. The number of likely N-dealkylation sites (N-methyl/N-ethyl adjacent to an activating group) is 1. The average molecular weight is 938 g/mol. The fourth-order valence-electron chi connectivity index (χ4n) is 6.12. The average Bonchev–Trinajstić information content (AvgIpc) is 3.27. The summed E-state index contributed by atoms with van der Waals surface area (Å²) in [5.74, 6) is -0.905. The molecule has 0 aromatic carbocycles. The van der Waals surface area contributed by atoms with Crippen LogP contribution in [0.4, 0.5) is 0 Å². The third-order valence-electron chi connectivity index (χ3n) is 9.98. The van der Waals surface area contributed by atoms with Crippen LogP contribution in [0, 0.1) is 0 Å². The van der Waals surface area contributed by atoms with Gasteiger partial charge in [0, 0.05) is 12.8 Å². The van der Waals surface area contributed by atoms with Crippen molar-refractivity contribution >= 4 is 19.8 Å². The van der Waals surface area contributed by atoms with Gasteiger partial charge in [0.2, 0.25) is 0 Å². The molecule has 0 N–H and O–H groups in total. The van der Waals surface area contributed by atoms with E-state index >= 15 is 0 Å². The summed E-state index contributed by atoms with van der Waals surface area (Å²) in [6, 6.07) is 0. The molecule has 0 bridgehead atoms. The third-order valence-corrected chi connectivity index (χ3v) is 10.9. The Bertz CT molecular complexity index is 1530. The second-order valence-corrected chi connectivity index (χ2v) is 18.8. The van der Waals surface area contributed by atoms with Gasteiger partial charge in [-0.05, 0) is 103 Å². The van der Waals surface area contributed by atoms with Crippen LogP contribution in [0.15, 0.2) is 122 Å². The molecule has 0 aliphatic heterocycles. The smallest absolute Gasteiger partial charge is 0.306 e. The molecule has 374 valence electrons. The number of unbranched alkanes of at least 4 members (excludes halogenated alkanes) is 10. The predicted octanol–water partition coefficient (Wildman–Crippen LogP) is 14.6. The lowest BCUT2D eigenvalue weighted by Crippen LogP contribution is -2.37. The molecule has 0 aromatic rings. The SMILES string of the molecule is CC/C=C\C/C=C\C/C=C\C/C=C\C/C=C\C/C=C\CCCCCCCCCCC(=O)OC(COC(=O)CCCC/C=C\C/C=C\C/C=C\C/C=C\CC)COP(=O)([O-])OCC[N+](C)(C)C. The number of quaternary nitrogens is 1. The van der Waals surface area contributed by atoms with Gasteiger partial charge < -0.3 is 27.9 Å². The maximum Gasteiger partial charge on any atom is 0.306 e. The van der Waals surface area contributed by atoms with E-state index in [2.05, 4.69) is 135 Å². The minimum absolute atomic E-state index is 0.0467. The number of ether oxygens (including phenoxy) is 2. The monoisotopic (exact) mass is 938 g/mol. The first-order valence-corrected chi connectivity index (χ1v) is 26.7. The lowest BCUT2D eigenvalue weighted by molar-refractivity contribution is -0.870. The van der Waals surface area contributed by atoms with E-state index in [0.29, 0.717) is 23.9 Å². The van der Waals surface area contributed by atoms with Crippen LogP contribution in [-0.2, 0) is 32.7 Å². The highest BCUT2D eigenvalue weighted by molar-refractivity contribution is 7.45. The predicted molar refractivity (Wildman–Crippen MR) is 277 cm³/mol. The van der Waals surface area contributed by atoms with Gasteiger partial charge >= 0.3 is 11.9 Å². The molecule has 0 saturated heterocycles. The van der Waals surface area contributed by atoms with Crippen molar-refractivity contribution in [2.75, 3.05) is 47.5 Å². The summed E-state index contributed by atoms with van der Waals surface area (Å²) in [6.45, 7) is 3.92. The maximum atomic E-state index is 12.7. The van der Waals surface area contributed by atoms with Crippen LogP contribution in [0.5, 0.6) is 0 Å². The topological polar surface area (TPSA) is 111 Å². The molecule has 2 unspecified atom stereocenters. The maximum absolute atomic E-state index is 12.7. The molecule has 0 heterocycles. The van der Waals surface area contributed by atoms with Crippen molar-refractivity contribution in [3.8, 4) is 0 Å². The second kappa shape index (κ2) is 46.5. The lowest BCUT2D eigenvalue weighted by atomic mass is 10.1. The molecule has 0 rings (SSSR count). The highest BCUT2D eigenvalue weighted by atomic mass is 31.2. The fourth-order valence-corrected chi connectivity index (χ4v) is 6.85. The molecule has 0 aliphatic carbocycles. The van der Waals surface area contributed by atoms with Crippen molar-refractivity contribution in [1.29, 1.82) is 0 Å². The molecular weight excluding hydrogens is 846 g/mol. The van der Waals surface area contributed by atoms with E-state index in [0.717, 1.165) is 103 Å². The quantitative estimate of drug-likeness (QED) is 0.0195. The van der Waals surface area contributed by atoms with Gasteiger partial charge in [-0.1, -0.05) is 174 Å². The first-order valence-electron chi connectivity index (χ1n) is 25.2. The number of carbonyl (C=O) groups excluding carboxylic acids is 2. The summed E-state index contributed by atoms with van der Waals surface area (Å²) < 4.78 is 34.0. The molecule has 0 amide bonds. The third kappa shape index (κ3) is 49.8. The van der Waals surface area contributed by atoms with Crippen LogP contribution in [0.25, 0.3) is 0 Å². The van der Waals surface area contributed by atoms with E-state index in [9.17, 15) is 19.0 Å². The Hall–Kier alpha value is -3.59. The first-order chi connectivity index (χ1) is 32.0. The Morgan fingerprint density at radius 2 is 0.818 bits per heavy atom. The number of hydrogen-bond acceptors (Lipinski definition) is 8. The zero-order valence-corrected chi connectivity index (χ0v) is 43.0. The summed E-state index contributed by atoms with van der Waals surface area (Å²) >= 11 is 0. The summed E-state index contributed by atoms with van der Waals surface area (Å²) in [7, 11) is 1.11. The van der Waals surface area contributed by atoms with Crippen LogP contribution >= 0.6 is 7.82 Å². The molecule has 0 aliphatic rings. The van der Waals surface area contributed by atoms with Gasteiger partial charge in [-0.2, -0.15) is 0 Å². The molecule has 0 fully saturated rings. The number of phosphoric ester groups is 1. The van der Waals surface area contributed by atoms with E-state index in [-0.39, 0.29) is 26.1 Å². The molecule has 10 heteroatoms. The normalized spacial score (nSPS) is 14.5. The minimum Gasteiger partial charge on any atom is -0.756 e. The van der Waals surface area contributed by atoms with Gasteiger partial charge in [0.05, 0.1) is 27.7 Å². The highest BCUT2D eigenvalue weighted by Crippen LogP contribution is 2.38. The Kier molecular flexibility index (Phi) is 44.0. The largest absolute Gasteiger partial charge is 0.756 e. The van der Waals surface area contributed by atoms with Crippen LogP contribution < -0.4 is 4.89 Å². The number of allylic oxidation sites excluding steroid dienone is 20. The second-order valence-electron chi connectivity index (χ2n) is 17.4. The summed E-state index contributed by atoms with van der Waals surface area (Å²) in [6.07, 6.45) is 65.2. The van der Waals surface area contributed by atoms with Crippen LogP contribution in [-0.4, -0.2) is 70.0 Å². The van der Waals surface area contributed by atoms with Gasteiger partial charge in [0.15, 0.2) is 6.10 Å². The Labute approximate surface area is 403 Å². The van der Waals surface area contributed by atoms with Crippen LogP contribution in [0.3, 0.4) is 0 Å². The molecule has 2 atom stereocenters. The van der Waals surface area contributed by atoms with Gasteiger partial charge in [-0.3, -0.25) is 14.2 Å². The molecule has 0 saturated carbocycles. The van der Waals surface area contributed by atoms with Gasteiger partial charge in [0.25, 0.3) is 7.82 Å². The van der Waals surface area contributed by atoms with Crippen molar-refractivity contribution in [3.05, 3.63) is 122 Å². The number of nitrogens with zero attached hydrogens (tertiary/aromatic N) is 1. The summed E-state index contributed by atoms with van der Waals surface area (Å²) in [4.78, 5) is 37.7. The van der Waals surface area contributed by atoms with Gasteiger partial charge in [-0.25, -0.2) is 0 Å². The van der Waals surface area contributed by atoms with E-state index in [1.807, 2.05) is 21.1 Å². The van der Waals surface area contributed by atoms with Crippen molar-refractivity contribution in [2.45, 2.75) is 174 Å². The van der Waals surface area contributed by atoms with Crippen LogP contribution in [0.2, 0.25) is 0 Å². The Morgan fingerprint density at radius 1 is 0.470 bits per heavy atom. The van der Waals surface area contributed by atoms with E-state index in [4.69, 9.17) is 18.5 Å². The van der Waals surface area contributed by atoms with Crippen molar-refractivity contribution in [2.24, 2.45) is 0 Å².